The molecule has 32 heavy (non-hydrogen) atoms. The van der Waals surface area contributed by atoms with Gasteiger partial charge in [0.1, 0.15) is 11.6 Å². The minimum atomic E-state index is -4.83. The number of ether oxygens (including phenoxy) is 1. The number of carbonyl (C=O) groups is 1. The molecule has 1 fully saturated rings. The van der Waals surface area contributed by atoms with Crippen molar-refractivity contribution in [2.24, 2.45) is 17.3 Å². The predicted molar refractivity (Wildman–Crippen MR) is 96.5 cm³/mol. The maximum Gasteiger partial charge on any atom is 0.426 e. The number of hydrogen-bond donors (Lipinski definition) is 0. The van der Waals surface area contributed by atoms with Gasteiger partial charge in [-0.1, -0.05) is 31.5 Å². The number of rotatable bonds is 7. The Kier molecular flexibility index (Phi) is 7.28. The molecule has 0 saturated heterocycles. The van der Waals surface area contributed by atoms with E-state index < -0.39 is 92.2 Å². The number of hydrogen-bond acceptors (Lipinski definition) is 5. The van der Waals surface area contributed by atoms with Crippen LogP contribution in [-0.2, 0) is 37.0 Å². The highest BCUT2D eigenvalue weighted by Crippen LogP contribution is 2.60. The van der Waals surface area contributed by atoms with Crippen LogP contribution in [0.15, 0.2) is 11.1 Å². The van der Waals surface area contributed by atoms with Gasteiger partial charge < -0.3 is 4.74 Å². The van der Waals surface area contributed by atoms with Crippen molar-refractivity contribution < 1.29 is 52.9 Å². The normalized spacial score (nSPS) is 20.9. The fourth-order valence-corrected chi connectivity index (χ4v) is 3.53. The van der Waals surface area contributed by atoms with Crippen molar-refractivity contribution in [3.05, 3.63) is 45.5 Å². The van der Waals surface area contributed by atoms with Crippen LogP contribution in [0, 0.1) is 40.5 Å². The molecular weight excluding hydrogens is 497 g/mol. The summed E-state index contributed by atoms with van der Waals surface area (Å²) in [7, 11) is -4.18. The molecule has 1 aliphatic carbocycles. The molecule has 2 atom stereocenters. The van der Waals surface area contributed by atoms with Gasteiger partial charge >= 0.3 is 12.1 Å². The van der Waals surface area contributed by atoms with Gasteiger partial charge in [-0.05, 0) is 11.3 Å². The zero-order valence-corrected chi connectivity index (χ0v) is 18.2. The van der Waals surface area contributed by atoms with Crippen LogP contribution >= 0.6 is 11.6 Å². The van der Waals surface area contributed by atoms with Crippen LogP contribution in [-0.4, -0.2) is 26.8 Å². The lowest BCUT2D eigenvalue weighted by molar-refractivity contribution is -0.147. The minimum absolute atomic E-state index is 0.549. The van der Waals surface area contributed by atoms with Gasteiger partial charge in [0.05, 0.1) is 29.9 Å². The Morgan fingerprint density at radius 3 is 1.88 bits per heavy atom. The summed E-state index contributed by atoms with van der Waals surface area (Å²) in [4.78, 5) is 12.2. The molecule has 14 heteroatoms. The molecule has 0 N–H and O–H groups in total. The van der Waals surface area contributed by atoms with E-state index in [1.165, 1.54) is 13.8 Å². The van der Waals surface area contributed by atoms with Crippen molar-refractivity contribution >= 4 is 27.7 Å². The standard InChI is InChI=1S/C18H16ClF7O5S/c1-17(2)9(4-10(19)18(24,25)26)11(17)16(27)30-5-7-12(20)14(22)8(15(23)13(7)21)6-31-32(3,28)29/h4,9,11H,5-6H2,1-3H3/t9-,11-/m1/s1. The lowest BCUT2D eigenvalue weighted by Gasteiger charge is -2.12. The molecule has 180 valence electrons. The van der Waals surface area contributed by atoms with Crippen LogP contribution in [0.1, 0.15) is 25.0 Å². The number of esters is 1. The molecular formula is C18H16ClF7O5S. The smallest absolute Gasteiger partial charge is 0.426 e. The first-order valence-corrected chi connectivity index (χ1v) is 10.9. The Morgan fingerprint density at radius 1 is 1.03 bits per heavy atom. The van der Waals surface area contributed by atoms with Gasteiger partial charge in [0.2, 0.25) is 0 Å². The van der Waals surface area contributed by atoms with Gasteiger partial charge in [0.25, 0.3) is 10.1 Å². The fraction of sp³-hybridized carbons (Fsp3) is 0.500. The maximum atomic E-state index is 14.2. The first kappa shape index (κ1) is 26.4. The van der Waals surface area contributed by atoms with Crippen molar-refractivity contribution in [1.29, 1.82) is 0 Å². The lowest BCUT2D eigenvalue weighted by atomic mass is 10.1. The van der Waals surface area contributed by atoms with Crippen LogP contribution in [0.2, 0.25) is 0 Å². The molecule has 1 aromatic rings. The Morgan fingerprint density at radius 2 is 1.47 bits per heavy atom. The summed E-state index contributed by atoms with van der Waals surface area (Å²) in [5.74, 6) is -11.1. The third-order valence-corrected chi connectivity index (χ3v) is 5.87. The van der Waals surface area contributed by atoms with Crippen molar-refractivity contribution in [3.8, 4) is 0 Å². The highest BCUT2D eigenvalue weighted by molar-refractivity contribution is 7.85. The van der Waals surface area contributed by atoms with Crippen molar-refractivity contribution in [2.75, 3.05) is 6.26 Å². The van der Waals surface area contributed by atoms with E-state index in [1.54, 1.807) is 0 Å². The summed E-state index contributed by atoms with van der Waals surface area (Å²) in [6.07, 6.45) is -3.67. The topological polar surface area (TPSA) is 69.7 Å². The maximum absolute atomic E-state index is 14.2. The lowest BCUT2D eigenvalue weighted by Crippen LogP contribution is -2.15. The number of halogens is 8. The third kappa shape index (κ3) is 5.54. The molecule has 0 spiro atoms. The monoisotopic (exact) mass is 512 g/mol. The van der Waals surface area contributed by atoms with Gasteiger partial charge in [0, 0.05) is 0 Å². The average Bonchev–Trinajstić information content (AvgIpc) is 3.18. The average molecular weight is 513 g/mol. The molecule has 1 aromatic carbocycles. The van der Waals surface area contributed by atoms with Crippen LogP contribution in [0.3, 0.4) is 0 Å². The highest BCUT2D eigenvalue weighted by Gasteiger charge is 2.62. The summed E-state index contributed by atoms with van der Waals surface area (Å²) in [5, 5.41) is -1.46. The van der Waals surface area contributed by atoms with E-state index in [4.69, 9.17) is 11.6 Å². The molecule has 2 rings (SSSR count). The molecule has 0 amide bonds. The van der Waals surface area contributed by atoms with E-state index >= 15 is 0 Å². The summed E-state index contributed by atoms with van der Waals surface area (Å²) in [6.45, 7) is 0.262. The quantitative estimate of drug-likeness (QED) is 0.229. The van der Waals surface area contributed by atoms with E-state index in [-0.39, 0.29) is 0 Å². The second-order valence-corrected chi connectivity index (χ2v) is 9.68. The Balaban J connectivity index is 2.20. The summed E-state index contributed by atoms with van der Waals surface area (Å²) in [5.41, 5.74) is -3.67. The molecule has 5 nitrogen and oxygen atoms in total. The van der Waals surface area contributed by atoms with E-state index in [9.17, 15) is 43.9 Å². The molecule has 0 radical (unpaired) electrons. The summed E-state index contributed by atoms with van der Waals surface area (Å²) in [6, 6.07) is 0. The predicted octanol–water partition coefficient (Wildman–Crippen LogP) is 4.72. The molecule has 0 unspecified atom stereocenters. The Labute approximate surface area is 183 Å². The van der Waals surface area contributed by atoms with E-state index in [1.807, 2.05) is 0 Å². The zero-order valence-electron chi connectivity index (χ0n) is 16.6. The van der Waals surface area contributed by atoms with E-state index in [0.29, 0.717) is 12.3 Å². The summed E-state index contributed by atoms with van der Waals surface area (Å²) >= 11 is 5.16. The number of carbonyl (C=O) groups excluding carboxylic acids is 1. The Bertz CT molecular complexity index is 1040. The fourth-order valence-electron chi connectivity index (χ4n) is 3.07. The van der Waals surface area contributed by atoms with Crippen molar-refractivity contribution in [2.45, 2.75) is 33.2 Å². The first-order chi connectivity index (χ1) is 14.4. The zero-order chi connectivity index (χ0) is 24.8. The second kappa shape index (κ2) is 8.82. The van der Waals surface area contributed by atoms with Gasteiger partial charge in [-0.25, -0.2) is 17.6 Å². The second-order valence-electron chi connectivity index (χ2n) is 7.62. The molecule has 1 saturated carbocycles. The molecule has 0 aromatic heterocycles. The number of benzene rings is 1. The number of alkyl halides is 3. The van der Waals surface area contributed by atoms with Gasteiger partial charge in [0.15, 0.2) is 23.3 Å². The Hall–Kier alpha value is -1.86. The van der Waals surface area contributed by atoms with Crippen LogP contribution < -0.4 is 0 Å². The van der Waals surface area contributed by atoms with E-state index in [0.717, 1.165) is 0 Å². The molecule has 1 aliphatic rings. The van der Waals surface area contributed by atoms with Gasteiger partial charge in [-0.15, -0.1) is 0 Å². The molecule has 0 heterocycles. The minimum Gasteiger partial charge on any atom is -0.460 e. The van der Waals surface area contributed by atoms with Gasteiger partial charge in [-0.2, -0.15) is 21.6 Å². The largest absolute Gasteiger partial charge is 0.460 e. The first-order valence-electron chi connectivity index (χ1n) is 8.68. The molecule has 0 aliphatic heterocycles. The number of allylic oxidation sites excluding steroid dienone is 2. The van der Waals surface area contributed by atoms with Crippen molar-refractivity contribution in [3.63, 3.8) is 0 Å². The van der Waals surface area contributed by atoms with Crippen LogP contribution in [0.25, 0.3) is 0 Å². The van der Waals surface area contributed by atoms with Gasteiger partial charge in [-0.3, -0.25) is 8.98 Å². The van der Waals surface area contributed by atoms with E-state index in [2.05, 4.69) is 8.92 Å². The van der Waals surface area contributed by atoms with Crippen molar-refractivity contribution in [1.82, 2.24) is 0 Å². The third-order valence-electron chi connectivity index (χ3n) is 4.98. The van der Waals surface area contributed by atoms with Crippen LogP contribution in [0.4, 0.5) is 30.7 Å². The summed E-state index contributed by atoms with van der Waals surface area (Å²) < 4.78 is 125. The van der Waals surface area contributed by atoms with Crippen LogP contribution in [0.5, 0.6) is 0 Å². The molecule has 0 bridgehead atoms. The SMILES string of the molecule is CC1(C)[C@H](C=C(Cl)C(F)(F)F)[C@@H]1C(=O)OCc1c(F)c(F)c(COS(C)(=O)=O)c(F)c1F. The highest BCUT2D eigenvalue weighted by atomic mass is 35.5.